The quantitative estimate of drug-likeness (QED) is 0.160. The van der Waals surface area contributed by atoms with E-state index < -0.39 is 29.6 Å². The summed E-state index contributed by atoms with van der Waals surface area (Å²) in [5, 5.41) is 55.6. The van der Waals surface area contributed by atoms with Gasteiger partial charge >= 0.3 is 59.1 Å². The second kappa shape index (κ2) is 25.5. The minimum atomic E-state index is -2.67. The van der Waals surface area contributed by atoms with Crippen LogP contribution < -0.4 is 29.6 Å². The minimum absolute atomic E-state index is 0. The van der Waals surface area contributed by atoms with E-state index in [1.807, 2.05) is 0 Å². The predicted molar refractivity (Wildman–Crippen MR) is 46.3 cm³/mol. The maximum Gasteiger partial charge on any atom is 1.00 e. The van der Waals surface area contributed by atoms with Gasteiger partial charge in [-0.05, 0) is 0 Å². The van der Waals surface area contributed by atoms with Crippen molar-refractivity contribution in [2.24, 2.45) is 0 Å². The molecule has 0 aromatic carbocycles. The molecule has 0 radical (unpaired) electrons. The average molecular weight is 279 g/mol. The van der Waals surface area contributed by atoms with Crippen molar-refractivity contribution >= 4 is 29.6 Å². The first kappa shape index (κ1) is 30.6. The van der Waals surface area contributed by atoms with Gasteiger partial charge in [-0.25, -0.2) is 0 Å². The second-order valence-corrected chi connectivity index (χ2v) is 1.24. The van der Waals surface area contributed by atoms with Gasteiger partial charge in [0.25, 0.3) is 0 Å². The van der Waals surface area contributed by atoms with Gasteiger partial charge in [-0.1, -0.05) is 0 Å². The number of hydrogen-bond acceptors (Lipinski definition) is 8. The molecule has 0 heterocycles. The zero-order valence-electron chi connectivity index (χ0n) is 9.40. The SMILES string of the molecule is OB(O)F.OB(O)F.OB(O)F.OB(O)F.[H-].[Na+]. The Hall–Kier alpha value is 0.660. The van der Waals surface area contributed by atoms with E-state index in [1.165, 1.54) is 0 Å². The Kier molecular flexibility index (Phi) is 45.9. The maximum absolute atomic E-state index is 10.1. The Morgan fingerprint density at radius 1 is 0.471 bits per heavy atom. The molecule has 0 saturated carbocycles. The van der Waals surface area contributed by atoms with Crippen molar-refractivity contribution in [3.05, 3.63) is 0 Å². The Morgan fingerprint density at radius 2 is 0.471 bits per heavy atom. The molecule has 0 aliphatic rings. The summed E-state index contributed by atoms with van der Waals surface area (Å²) in [6.07, 6.45) is 0. The van der Waals surface area contributed by atoms with Crippen LogP contribution in [0.4, 0.5) is 17.3 Å². The van der Waals surface area contributed by atoms with Gasteiger partial charge in [0.15, 0.2) is 0 Å². The number of rotatable bonds is 0. The van der Waals surface area contributed by atoms with Gasteiger partial charge in [-0.15, -0.1) is 0 Å². The molecule has 0 aliphatic carbocycles. The van der Waals surface area contributed by atoms with E-state index in [9.17, 15) is 17.3 Å². The molecule has 98 valence electrons. The van der Waals surface area contributed by atoms with Crippen molar-refractivity contribution in [3.63, 3.8) is 0 Å². The van der Waals surface area contributed by atoms with Gasteiger partial charge in [0.1, 0.15) is 0 Å². The third-order valence-corrected chi connectivity index (χ3v) is 0. The van der Waals surface area contributed by atoms with Gasteiger partial charge in [0.05, 0.1) is 0 Å². The van der Waals surface area contributed by atoms with Gasteiger partial charge in [0, 0.05) is 0 Å². The largest absolute Gasteiger partial charge is 1.00 e. The third-order valence-electron chi connectivity index (χ3n) is 0. The van der Waals surface area contributed by atoms with Crippen molar-refractivity contribution in [1.29, 1.82) is 0 Å². The van der Waals surface area contributed by atoms with Crippen molar-refractivity contribution in [3.8, 4) is 0 Å². The summed E-state index contributed by atoms with van der Waals surface area (Å²) in [6.45, 7) is 0. The molecule has 0 atom stereocenters. The molecule has 17 heteroatoms. The van der Waals surface area contributed by atoms with Crippen LogP contribution in [0.2, 0.25) is 0 Å². The van der Waals surface area contributed by atoms with Crippen molar-refractivity contribution in [1.82, 2.24) is 0 Å². The summed E-state index contributed by atoms with van der Waals surface area (Å²) in [5.41, 5.74) is 0. The third kappa shape index (κ3) is 8230. The average Bonchev–Trinajstić information content (AvgIpc) is 1.76. The summed E-state index contributed by atoms with van der Waals surface area (Å²) in [4.78, 5) is 0. The first-order valence-electron chi connectivity index (χ1n) is 2.94. The normalized spacial score (nSPS) is 6.35. The van der Waals surface area contributed by atoms with Crippen LogP contribution >= 0.6 is 0 Å². The molecule has 0 aromatic heterocycles. The van der Waals surface area contributed by atoms with Crippen LogP contribution in [0.3, 0.4) is 0 Å². The van der Waals surface area contributed by atoms with E-state index in [1.54, 1.807) is 0 Å². The first-order chi connectivity index (χ1) is 6.93. The van der Waals surface area contributed by atoms with Crippen LogP contribution in [-0.4, -0.2) is 69.8 Å². The molecular weight excluding hydrogens is 270 g/mol. The van der Waals surface area contributed by atoms with E-state index in [-0.39, 0.29) is 31.0 Å². The van der Waals surface area contributed by atoms with Crippen LogP contribution in [0, 0.1) is 0 Å². The Labute approximate surface area is 118 Å². The molecule has 0 rings (SSSR count). The van der Waals surface area contributed by atoms with Gasteiger partial charge in [-0.2, -0.15) is 0 Å². The number of hydrogen-bond donors (Lipinski definition) is 8. The monoisotopic (exact) mass is 280 g/mol. The smallest absolute Gasteiger partial charge is 1.00 e. The van der Waals surface area contributed by atoms with Crippen LogP contribution in [0.15, 0.2) is 0 Å². The molecule has 0 aliphatic heterocycles. The van der Waals surface area contributed by atoms with E-state index in [4.69, 9.17) is 40.2 Å². The Bertz CT molecular complexity index is 78.1. The fourth-order valence-electron chi connectivity index (χ4n) is 0. The minimum Gasteiger partial charge on any atom is -1.00 e. The molecular formula is H9B4F4NaO8. The van der Waals surface area contributed by atoms with Crippen molar-refractivity contribution in [2.75, 3.05) is 0 Å². The summed E-state index contributed by atoms with van der Waals surface area (Å²) in [7, 11) is -10.7. The van der Waals surface area contributed by atoms with E-state index in [0.29, 0.717) is 0 Å². The molecule has 0 spiro atoms. The van der Waals surface area contributed by atoms with Crippen LogP contribution in [0.25, 0.3) is 0 Å². The van der Waals surface area contributed by atoms with E-state index in [0.717, 1.165) is 0 Å². The molecule has 0 amide bonds. The van der Waals surface area contributed by atoms with E-state index >= 15 is 0 Å². The summed E-state index contributed by atoms with van der Waals surface area (Å²) >= 11 is 0. The molecule has 8 N–H and O–H groups in total. The van der Waals surface area contributed by atoms with Gasteiger partial charge in [-0.3, -0.25) is 17.3 Å². The topological polar surface area (TPSA) is 162 Å². The van der Waals surface area contributed by atoms with Crippen LogP contribution in [0.5, 0.6) is 0 Å². The molecule has 0 fully saturated rings. The molecule has 17 heavy (non-hydrogen) atoms. The first-order valence-corrected chi connectivity index (χ1v) is 2.94. The molecule has 0 unspecified atom stereocenters. The number of halogens is 4. The maximum atomic E-state index is 10.1. The summed E-state index contributed by atoms with van der Waals surface area (Å²) in [5.74, 6) is 0. The standard InChI is InChI=1S/4BFH2O2.Na.H/c4*2-1(3)4;;/h4*3-4H;;/q;;;;+1;-1. The predicted octanol–water partition coefficient (Wildman–Crippen LogP) is -7.18. The zero-order valence-corrected chi connectivity index (χ0v) is 10.4. The van der Waals surface area contributed by atoms with Crippen LogP contribution in [0.1, 0.15) is 1.43 Å². The Morgan fingerprint density at radius 3 is 0.471 bits per heavy atom. The molecule has 8 nitrogen and oxygen atoms in total. The summed E-state index contributed by atoms with van der Waals surface area (Å²) < 4.78 is 40.4. The van der Waals surface area contributed by atoms with Crippen molar-refractivity contribution < 1.29 is 88.4 Å². The van der Waals surface area contributed by atoms with E-state index in [2.05, 4.69) is 0 Å². The zero-order chi connectivity index (χ0) is 14.3. The van der Waals surface area contributed by atoms with Gasteiger partial charge < -0.3 is 41.6 Å². The molecule has 0 bridgehead atoms. The van der Waals surface area contributed by atoms with Crippen LogP contribution in [-0.2, 0) is 0 Å². The molecule has 0 saturated heterocycles. The van der Waals surface area contributed by atoms with Gasteiger partial charge in [0.2, 0.25) is 0 Å². The fourth-order valence-corrected chi connectivity index (χ4v) is 0. The molecule has 0 aromatic rings. The second-order valence-electron chi connectivity index (χ2n) is 1.24. The summed E-state index contributed by atoms with van der Waals surface area (Å²) in [6, 6.07) is 0. The van der Waals surface area contributed by atoms with Crippen molar-refractivity contribution in [2.45, 2.75) is 0 Å². The fraction of sp³-hybridized carbons (Fsp3) is 0. The Balaban J connectivity index is -0.0000000257.